The lowest BCUT2D eigenvalue weighted by Gasteiger charge is -2.13. The Bertz CT molecular complexity index is 1150. The van der Waals surface area contributed by atoms with Gasteiger partial charge in [0.05, 0.1) is 47.3 Å². The molecule has 0 N–H and O–H groups in total. The molecule has 0 spiro atoms. The Morgan fingerprint density at radius 1 is 1.29 bits per heavy atom. The zero-order valence-corrected chi connectivity index (χ0v) is 16.7. The van der Waals surface area contributed by atoms with Gasteiger partial charge in [-0.1, -0.05) is 0 Å². The fourth-order valence-corrected chi connectivity index (χ4v) is 5.51. The van der Waals surface area contributed by atoms with Gasteiger partial charge < -0.3 is 4.74 Å². The molecule has 3 aromatic rings. The van der Waals surface area contributed by atoms with Gasteiger partial charge in [-0.3, -0.25) is 9.25 Å². The molecule has 2 aromatic heterocycles. The fourth-order valence-electron chi connectivity index (χ4n) is 3.81. The van der Waals surface area contributed by atoms with E-state index >= 15 is 0 Å². The Hall–Kier alpha value is -2.68. The van der Waals surface area contributed by atoms with Crippen LogP contribution in [0.3, 0.4) is 0 Å². The quantitative estimate of drug-likeness (QED) is 0.668. The number of halogens is 1. The second-order valence-electron chi connectivity index (χ2n) is 6.99. The Kier molecular flexibility index (Phi) is 4.49. The van der Waals surface area contributed by atoms with Crippen LogP contribution in [0, 0.1) is 19.7 Å². The van der Waals surface area contributed by atoms with Crippen molar-refractivity contribution in [1.82, 2.24) is 19.3 Å². The minimum absolute atomic E-state index is 0.0955. The zero-order valence-electron chi connectivity index (χ0n) is 15.9. The molecule has 3 heterocycles. The van der Waals surface area contributed by atoms with Crippen molar-refractivity contribution in [2.75, 3.05) is 18.6 Å². The molecular weight excluding hydrogens is 383 g/mol. The fraction of sp³-hybridized carbons (Fsp3) is 0.368. The normalized spacial score (nSPS) is 18.5. The van der Waals surface area contributed by atoms with Crippen molar-refractivity contribution in [3.8, 4) is 22.8 Å². The van der Waals surface area contributed by atoms with Crippen LogP contribution < -0.4 is 4.74 Å². The van der Waals surface area contributed by atoms with E-state index in [0.29, 0.717) is 23.6 Å². The largest absolute Gasteiger partial charge is 0.497 e. The summed E-state index contributed by atoms with van der Waals surface area (Å²) in [6.07, 6.45) is 3.91. The van der Waals surface area contributed by atoms with Crippen molar-refractivity contribution in [2.45, 2.75) is 26.3 Å². The van der Waals surface area contributed by atoms with E-state index in [4.69, 9.17) is 4.74 Å². The van der Waals surface area contributed by atoms with Crippen LogP contribution in [0.2, 0.25) is 0 Å². The summed E-state index contributed by atoms with van der Waals surface area (Å²) in [6, 6.07) is 4.46. The third-order valence-corrected chi connectivity index (χ3v) is 6.89. The van der Waals surface area contributed by atoms with E-state index in [1.807, 2.05) is 13.8 Å². The summed E-state index contributed by atoms with van der Waals surface area (Å²) in [6.45, 7) is 3.75. The van der Waals surface area contributed by atoms with E-state index in [1.54, 1.807) is 33.8 Å². The predicted molar refractivity (Wildman–Crippen MR) is 103 cm³/mol. The molecule has 1 aliphatic rings. The molecule has 1 atom stereocenters. The molecule has 1 aromatic carbocycles. The van der Waals surface area contributed by atoms with E-state index in [-0.39, 0.29) is 17.5 Å². The number of nitrogens with zero attached hydrogens (tertiary/aromatic N) is 4. The zero-order chi connectivity index (χ0) is 20.1. The van der Waals surface area contributed by atoms with Gasteiger partial charge >= 0.3 is 0 Å². The maximum absolute atomic E-state index is 14.6. The van der Waals surface area contributed by atoms with Crippen LogP contribution in [0.4, 0.5) is 4.39 Å². The highest BCUT2D eigenvalue weighted by atomic mass is 32.2. The molecule has 0 saturated carbocycles. The van der Waals surface area contributed by atoms with Crippen molar-refractivity contribution in [1.29, 1.82) is 0 Å². The van der Waals surface area contributed by atoms with Gasteiger partial charge in [-0.05, 0) is 32.4 Å². The number of imidazole rings is 1. The highest BCUT2D eigenvalue weighted by molar-refractivity contribution is 7.91. The maximum atomic E-state index is 14.6. The summed E-state index contributed by atoms with van der Waals surface area (Å²) in [5.41, 5.74) is 2.69. The number of hydrogen-bond donors (Lipinski definition) is 0. The summed E-state index contributed by atoms with van der Waals surface area (Å²) >= 11 is 0. The first-order valence-corrected chi connectivity index (χ1v) is 10.8. The van der Waals surface area contributed by atoms with Crippen LogP contribution in [0.1, 0.15) is 23.9 Å². The van der Waals surface area contributed by atoms with E-state index in [0.717, 1.165) is 17.1 Å². The van der Waals surface area contributed by atoms with Gasteiger partial charge in [0.2, 0.25) is 0 Å². The average molecular weight is 404 g/mol. The number of sulfone groups is 1. The highest BCUT2D eigenvalue weighted by Crippen LogP contribution is 2.32. The first-order valence-electron chi connectivity index (χ1n) is 8.94. The van der Waals surface area contributed by atoms with E-state index in [1.165, 1.54) is 13.2 Å². The minimum atomic E-state index is -3.02. The molecule has 28 heavy (non-hydrogen) atoms. The molecule has 0 aliphatic carbocycles. The molecule has 0 bridgehead atoms. The van der Waals surface area contributed by atoms with E-state index in [2.05, 4.69) is 10.1 Å². The van der Waals surface area contributed by atoms with E-state index in [9.17, 15) is 12.8 Å². The SMILES string of the molecule is COc1ccc(-c2nccn2-c2c(C)nn(C3CCS(=O)(=O)C3)c2C)c(F)c1. The average Bonchev–Trinajstić information content (AvgIpc) is 3.32. The van der Waals surface area contributed by atoms with Crippen LogP contribution in [-0.2, 0) is 9.84 Å². The molecule has 1 aliphatic heterocycles. The molecular formula is C19H21FN4O3S. The molecule has 1 unspecified atom stereocenters. The van der Waals surface area contributed by atoms with Gasteiger partial charge in [-0.2, -0.15) is 5.10 Å². The Labute approximate surface area is 162 Å². The monoisotopic (exact) mass is 404 g/mol. The van der Waals surface area contributed by atoms with Crippen LogP contribution in [-0.4, -0.2) is 46.4 Å². The van der Waals surface area contributed by atoms with Crippen LogP contribution in [0.5, 0.6) is 5.75 Å². The summed E-state index contributed by atoms with van der Waals surface area (Å²) < 4.78 is 47.0. The summed E-state index contributed by atoms with van der Waals surface area (Å²) in [4.78, 5) is 4.34. The molecule has 148 valence electrons. The summed E-state index contributed by atoms with van der Waals surface area (Å²) in [7, 11) is -1.54. The van der Waals surface area contributed by atoms with Gasteiger partial charge in [0.25, 0.3) is 0 Å². The summed E-state index contributed by atoms with van der Waals surface area (Å²) in [5, 5.41) is 4.59. The lowest BCUT2D eigenvalue weighted by Crippen LogP contribution is -2.14. The standard InChI is InChI=1S/C19H21FN4O3S/c1-12-18(13(2)24(22-12)14-6-9-28(25,26)11-14)23-8-7-21-19(23)16-5-4-15(27-3)10-17(16)20/h4-5,7-8,10,14H,6,9,11H2,1-3H3. The maximum Gasteiger partial charge on any atom is 0.152 e. The van der Waals surface area contributed by atoms with Crippen molar-refractivity contribution in [3.63, 3.8) is 0 Å². The van der Waals surface area contributed by atoms with Gasteiger partial charge in [0.15, 0.2) is 9.84 Å². The van der Waals surface area contributed by atoms with Crippen molar-refractivity contribution >= 4 is 9.84 Å². The van der Waals surface area contributed by atoms with Crippen molar-refractivity contribution < 1.29 is 17.5 Å². The topological polar surface area (TPSA) is 79.0 Å². The highest BCUT2D eigenvalue weighted by Gasteiger charge is 2.32. The third kappa shape index (κ3) is 3.09. The van der Waals surface area contributed by atoms with Gasteiger partial charge in [-0.15, -0.1) is 0 Å². The predicted octanol–water partition coefficient (Wildman–Crippen LogP) is 2.86. The summed E-state index contributed by atoms with van der Waals surface area (Å²) in [5.74, 6) is 0.722. The molecule has 7 nitrogen and oxygen atoms in total. The van der Waals surface area contributed by atoms with Crippen LogP contribution >= 0.6 is 0 Å². The molecule has 1 fully saturated rings. The third-order valence-electron chi connectivity index (χ3n) is 5.14. The molecule has 9 heteroatoms. The van der Waals surface area contributed by atoms with Crippen molar-refractivity contribution in [2.24, 2.45) is 0 Å². The number of ether oxygens (including phenoxy) is 1. The van der Waals surface area contributed by atoms with Gasteiger partial charge in [0.1, 0.15) is 17.4 Å². The second-order valence-corrected chi connectivity index (χ2v) is 9.22. The smallest absolute Gasteiger partial charge is 0.152 e. The first kappa shape index (κ1) is 18.7. The molecule has 4 rings (SSSR count). The van der Waals surface area contributed by atoms with Crippen LogP contribution in [0.25, 0.3) is 17.1 Å². The number of methoxy groups -OCH3 is 1. The van der Waals surface area contributed by atoms with Crippen LogP contribution in [0.15, 0.2) is 30.6 Å². The number of aromatic nitrogens is 4. The lowest BCUT2D eigenvalue weighted by atomic mass is 10.1. The second kappa shape index (κ2) is 6.73. The Balaban J connectivity index is 1.79. The number of hydrogen-bond acceptors (Lipinski definition) is 5. The molecule has 0 amide bonds. The number of benzene rings is 1. The number of rotatable bonds is 4. The Morgan fingerprint density at radius 2 is 2.07 bits per heavy atom. The molecule has 0 radical (unpaired) electrons. The van der Waals surface area contributed by atoms with Crippen molar-refractivity contribution in [3.05, 3.63) is 47.8 Å². The minimum Gasteiger partial charge on any atom is -0.497 e. The lowest BCUT2D eigenvalue weighted by molar-refractivity contribution is 0.411. The molecule has 1 saturated heterocycles. The van der Waals surface area contributed by atoms with E-state index < -0.39 is 15.7 Å². The number of aryl methyl sites for hydroxylation is 1. The van der Waals surface area contributed by atoms with Gasteiger partial charge in [0, 0.05) is 18.5 Å². The first-order chi connectivity index (χ1) is 13.3. The van der Waals surface area contributed by atoms with Gasteiger partial charge in [-0.25, -0.2) is 17.8 Å². The Morgan fingerprint density at radius 3 is 2.71 bits per heavy atom.